The van der Waals surface area contributed by atoms with Crippen LogP contribution < -0.4 is 11.5 Å². The summed E-state index contributed by atoms with van der Waals surface area (Å²) in [6, 6.07) is 4.01. The topological polar surface area (TPSA) is 235 Å². The Morgan fingerprint density at radius 1 is 1.07 bits per heavy atom. The molecule has 28 heavy (non-hydrogen) atoms. The summed E-state index contributed by atoms with van der Waals surface area (Å²) < 4.78 is 63.7. The van der Waals surface area contributed by atoms with E-state index in [1.165, 1.54) is 0 Å². The number of hydrogen-bond acceptors (Lipinski definition) is 12. The molecule has 16 heteroatoms. The number of anilines is 2. The van der Waals surface area contributed by atoms with Crippen LogP contribution in [0.15, 0.2) is 43.4 Å². The second kappa shape index (κ2) is 8.04. The molecule has 1 aromatic carbocycles. The third kappa shape index (κ3) is 5.11. The van der Waals surface area contributed by atoms with E-state index >= 15 is 0 Å². The van der Waals surface area contributed by atoms with Crippen molar-refractivity contribution in [3.63, 3.8) is 0 Å². The minimum absolute atomic E-state index is 0.0416. The van der Waals surface area contributed by atoms with Crippen molar-refractivity contribution in [1.29, 1.82) is 5.26 Å². The Morgan fingerprint density at radius 3 is 2.18 bits per heavy atom. The van der Waals surface area contributed by atoms with Crippen LogP contribution in [0.5, 0.6) is 0 Å². The number of hydrogen-bond donors (Lipinski definition) is 4. The number of aromatic nitrogens is 2. The average Bonchev–Trinajstić information content (AvgIpc) is 2.57. The van der Waals surface area contributed by atoms with Gasteiger partial charge >= 0.3 is 0 Å². The fourth-order valence-corrected chi connectivity index (χ4v) is 3.41. The van der Waals surface area contributed by atoms with E-state index in [9.17, 15) is 21.4 Å². The summed E-state index contributed by atoms with van der Waals surface area (Å²) in [4.78, 5) is 6.25. The van der Waals surface area contributed by atoms with Crippen LogP contribution in [-0.4, -0.2) is 41.7 Å². The molecule has 0 saturated carbocycles. The molecule has 13 nitrogen and oxygen atoms in total. The monoisotopic (exact) mass is 445 g/mol. The number of nitrogens with zero attached hydrogens (tertiary/aromatic N) is 5. The molecule has 0 saturated heterocycles. The van der Waals surface area contributed by atoms with Crippen molar-refractivity contribution in [1.82, 2.24) is 9.97 Å². The van der Waals surface area contributed by atoms with E-state index in [2.05, 4.69) is 20.2 Å². The number of thioether (sulfide) groups is 1. The van der Waals surface area contributed by atoms with Crippen molar-refractivity contribution in [3.05, 3.63) is 18.2 Å². The lowest BCUT2D eigenvalue weighted by Crippen LogP contribution is -2.02. The van der Waals surface area contributed by atoms with Crippen molar-refractivity contribution in [2.75, 3.05) is 17.2 Å². The molecule has 0 aliphatic heterocycles. The molecule has 2 rings (SSSR count). The first kappa shape index (κ1) is 21.5. The second-order valence-corrected chi connectivity index (χ2v) is 8.61. The summed E-state index contributed by atoms with van der Waals surface area (Å²) in [6.45, 7) is 0. The van der Waals surface area contributed by atoms with Crippen molar-refractivity contribution in [2.24, 2.45) is 10.2 Å². The highest BCUT2D eigenvalue weighted by atomic mass is 32.2. The lowest BCUT2D eigenvalue weighted by molar-refractivity contribution is 0.478. The zero-order chi connectivity index (χ0) is 21.1. The van der Waals surface area contributed by atoms with Gasteiger partial charge in [0, 0.05) is 0 Å². The van der Waals surface area contributed by atoms with Gasteiger partial charge in [0.05, 0.1) is 16.7 Å². The van der Waals surface area contributed by atoms with Crippen LogP contribution >= 0.6 is 11.8 Å². The van der Waals surface area contributed by atoms with E-state index in [4.69, 9.17) is 21.3 Å². The molecule has 0 spiro atoms. The van der Waals surface area contributed by atoms with Crippen LogP contribution in [0.2, 0.25) is 0 Å². The van der Waals surface area contributed by atoms with Crippen molar-refractivity contribution >= 4 is 55.0 Å². The summed E-state index contributed by atoms with van der Waals surface area (Å²) in [7, 11) is -9.48. The van der Waals surface area contributed by atoms with Crippen LogP contribution in [0.1, 0.15) is 0 Å². The Bertz CT molecular complexity index is 1180. The Balaban J connectivity index is 2.55. The molecule has 0 atom stereocenters. The Labute approximate surface area is 163 Å². The molecule has 148 valence electrons. The fraction of sp³-hybridized carbons (Fsp3) is 0.0833. The summed E-state index contributed by atoms with van der Waals surface area (Å²) >= 11 is 0.960. The largest absolute Gasteiger partial charge is 0.382 e. The van der Waals surface area contributed by atoms with Crippen molar-refractivity contribution < 1.29 is 25.9 Å². The smallest absolute Gasteiger partial charge is 0.296 e. The first-order valence-corrected chi connectivity index (χ1v) is 10.7. The minimum Gasteiger partial charge on any atom is -0.382 e. The summed E-state index contributed by atoms with van der Waals surface area (Å²) in [5, 5.41) is 15.8. The number of benzene rings is 1. The van der Waals surface area contributed by atoms with Crippen LogP contribution in [0, 0.1) is 11.3 Å². The van der Waals surface area contributed by atoms with Crippen LogP contribution in [0.25, 0.3) is 0 Å². The zero-order valence-corrected chi connectivity index (χ0v) is 16.0. The zero-order valence-electron chi connectivity index (χ0n) is 13.6. The molecular formula is C12H11N7O6S3. The van der Waals surface area contributed by atoms with E-state index in [1.807, 2.05) is 6.07 Å². The Kier molecular flexibility index (Phi) is 6.16. The third-order valence-corrected chi connectivity index (χ3v) is 5.41. The van der Waals surface area contributed by atoms with Crippen LogP contribution in [0.4, 0.5) is 23.0 Å². The van der Waals surface area contributed by atoms with Gasteiger partial charge in [-0.3, -0.25) is 9.11 Å². The van der Waals surface area contributed by atoms with Crippen LogP contribution in [0.3, 0.4) is 0 Å². The highest BCUT2D eigenvalue weighted by Crippen LogP contribution is 2.33. The number of rotatable bonds is 6. The average molecular weight is 445 g/mol. The molecule has 0 radical (unpaired) electrons. The van der Waals surface area contributed by atoms with E-state index < -0.39 is 35.7 Å². The number of azo groups is 1. The van der Waals surface area contributed by atoms with Gasteiger partial charge in [-0.05, 0) is 18.2 Å². The predicted octanol–water partition coefficient (Wildman–Crippen LogP) is 1.17. The molecular weight excluding hydrogens is 434 g/mol. The molecule has 0 fully saturated rings. The van der Waals surface area contributed by atoms with Gasteiger partial charge in [0.25, 0.3) is 20.2 Å². The van der Waals surface area contributed by atoms with Gasteiger partial charge in [0.15, 0.2) is 22.5 Å². The normalized spacial score (nSPS) is 12.2. The maximum atomic E-state index is 11.4. The number of nitriles is 1. The van der Waals surface area contributed by atoms with Crippen LogP contribution in [-0.2, 0) is 20.2 Å². The first-order chi connectivity index (χ1) is 12.9. The van der Waals surface area contributed by atoms with Gasteiger partial charge in [-0.1, -0.05) is 11.8 Å². The van der Waals surface area contributed by atoms with Gasteiger partial charge < -0.3 is 11.5 Å². The maximum absolute atomic E-state index is 11.4. The third-order valence-electron chi connectivity index (χ3n) is 2.95. The van der Waals surface area contributed by atoms with E-state index in [-0.39, 0.29) is 28.2 Å². The molecule has 0 bridgehead atoms. The number of nitrogen functional groups attached to an aromatic ring is 2. The highest BCUT2D eigenvalue weighted by Gasteiger charge is 2.20. The summed E-state index contributed by atoms with van der Waals surface area (Å²) in [5.41, 5.74) is 10.5. The van der Waals surface area contributed by atoms with E-state index in [0.29, 0.717) is 6.07 Å². The molecule has 1 aromatic heterocycles. The molecule has 6 N–H and O–H groups in total. The maximum Gasteiger partial charge on any atom is 0.296 e. The van der Waals surface area contributed by atoms with Crippen molar-refractivity contribution in [3.8, 4) is 6.07 Å². The first-order valence-electron chi connectivity index (χ1n) is 6.87. The Morgan fingerprint density at radius 2 is 1.68 bits per heavy atom. The molecule has 0 unspecified atom stereocenters. The molecule has 0 aliphatic rings. The van der Waals surface area contributed by atoms with E-state index in [0.717, 1.165) is 23.9 Å². The summed E-state index contributed by atoms with van der Waals surface area (Å²) in [6.07, 6.45) is 0. The van der Waals surface area contributed by atoms with Gasteiger partial charge in [-0.2, -0.15) is 22.1 Å². The lowest BCUT2D eigenvalue weighted by atomic mass is 10.3. The van der Waals surface area contributed by atoms with Gasteiger partial charge in [0.1, 0.15) is 10.6 Å². The van der Waals surface area contributed by atoms with Gasteiger partial charge in [0.2, 0.25) is 0 Å². The SMILES string of the molecule is N#CCSc1nc(N)c(/N=N/c2cc(S(=O)(=O)O)ccc2S(=O)(=O)O)c(N)n1. The molecule has 1 heterocycles. The highest BCUT2D eigenvalue weighted by molar-refractivity contribution is 7.99. The summed E-state index contributed by atoms with van der Waals surface area (Å²) in [5.74, 6) is -0.438. The van der Waals surface area contributed by atoms with E-state index in [1.54, 1.807) is 0 Å². The minimum atomic E-state index is -4.80. The molecule has 0 amide bonds. The number of nitrogens with two attached hydrogens (primary N) is 2. The van der Waals surface area contributed by atoms with Gasteiger partial charge in [-0.15, -0.1) is 10.2 Å². The standard InChI is InChI=1S/C12H11N7O6S3/c13-3-4-26-12-16-10(14)9(11(15)17-12)19-18-7-5-6(27(20,21)22)1-2-8(7)28(23,24)25/h1-2,5H,4H2,(H,20,21,22)(H,23,24,25)(H4,14,15,16,17)/b19-18+. The quantitative estimate of drug-likeness (QED) is 0.212. The second-order valence-electron chi connectivity index (χ2n) is 4.85. The molecule has 0 aliphatic carbocycles. The molecule has 2 aromatic rings. The van der Waals surface area contributed by atoms with Crippen molar-refractivity contribution in [2.45, 2.75) is 14.9 Å². The van der Waals surface area contributed by atoms with Gasteiger partial charge in [-0.25, -0.2) is 9.97 Å². The predicted molar refractivity (Wildman–Crippen MR) is 97.4 cm³/mol. The Hall–Kier alpha value is -2.84. The lowest BCUT2D eigenvalue weighted by Gasteiger charge is -2.06. The fourth-order valence-electron chi connectivity index (χ4n) is 1.79.